The molecule has 168 valence electrons. The summed E-state index contributed by atoms with van der Waals surface area (Å²) in [5, 5.41) is 8.15. The average Bonchev–Trinajstić information content (AvgIpc) is 3.13. The Labute approximate surface area is 208 Å². The second kappa shape index (κ2) is 10.4. The zero-order valence-electron chi connectivity index (χ0n) is 17.1. The maximum Gasteiger partial charge on any atom is 0.256 e. The van der Waals surface area contributed by atoms with E-state index in [1.807, 2.05) is 0 Å². The van der Waals surface area contributed by atoms with Crippen LogP contribution in [0.1, 0.15) is 21.5 Å². The fourth-order valence-corrected chi connectivity index (χ4v) is 3.90. The number of amides is 1. The maximum absolute atomic E-state index is 13.1. The third kappa shape index (κ3) is 6.13. The molecule has 0 spiro atoms. The Hall–Kier alpha value is -2.87. The molecule has 1 N–H and O–H groups in total. The molecule has 0 aliphatic heterocycles. The second-order valence-electron chi connectivity index (χ2n) is 7.16. The molecule has 0 bridgehead atoms. The van der Waals surface area contributed by atoms with Crippen LogP contribution in [0.25, 0.3) is 0 Å². The van der Waals surface area contributed by atoms with Crippen LogP contribution in [0.3, 0.4) is 0 Å². The Morgan fingerprint density at radius 3 is 2.42 bits per heavy atom. The van der Waals surface area contributed by atoms with Gasteiger partial charge in [-0.3, -0.25) is 9.48 Å². The van der Waals surface area contributed by atoms with Gasteiger partial charge < -0.3 is 10.1 Å². The van der Waals surface area contributed by atoms with Gasteiger partial charge in [0.05, 0.1) is 16.0 Å². The first kappa shape index (κ1) is 23.3. The minimum atomic E-state index is -0.295. The van der Waals surface area contributed by atoms with Gasteiger partial charge in [0.1, 0.15) is 18.2 Å². The van der Waals surface area contributed by atoms with Crippen molar-refractivity contribution in [3.05, 3.63) is 110 Å². The molecule has 0 saturated carbocycles. The van der Waals surface area contributed by atoms with Gasteiger partial charge in [-0.25, -0.2) is 4.39 Å². The fourth-order valence-electron chi connectivity index (χ4n) is 3.03. The Morgan fingerprint density at radius 2 is 1.73 bits per heavy atom. The van der Waals surface area contributed by atoms with E-state index in [0.29, 0.717) is 44.8 Å². The molecule has 0 atom stereocenters. The van der Waals surface area contributed by atoms with Crippen LogP contribution in [0, 0.1) is 5.82 Å². The highest BCUT2D eigenvalue weighted by Gasteiger charge is 2.13. The van der Waals surface area contributed by atoms with Gasteiger partial charge >= 0.3 is 0 Å². The molecule has 1 heterocycles. The third-order valence-electron chi connectivity index (χ3n) is 4.71. The number of nitrogens with one attached hydrogen (secondary N) is 1. The van der Waals surface area contributed by atoms with E-state index >= 15 is 0 Å². The summed E-state index contributed by atoms with van der Waals surface area (Å²) in [5.41, 5.74) is 2.24. The summed E-state index contributed by atoms with van der Waals surface area (Å²) in [5.74, 6) is 0.339. The number of anilines is 1. The minimum Gasteiger partial charge on any atom is -0.487 e. The van der Waals surface area contributed by atoms with Crippen molar-refractivity contribution in [2.75, 3.05) is 5.32 Å². The lowest BCUT2D eigenvalue weighted by Gasteiger charge is -2.09. The lowest BCUT2D eigenvalue weighted by molar-refractivity contribution is 0.102. The summed E-state index contributed by atoms with van der Waals surface area (Å²) >= 11 is 15.4. The highest BCUT2D eigenvalue weighted by Crippen LogP contribution is 2.28. The zero-order chi connectivity index (χ0) is 23.4. The molecular formula is C24H17BrCl2FN3O2. The van der Waals surface area contributed by atoms with Gasteiger partial charge in [0, 0.05) is 16.8 Å². The van der Waals surface area contributed by atoms with E-state index in [2.05, 4.69) is 26.3 Å². The van der Waals surface area contributed by atoms with Crippen LogP contribution in [-0.2, 0) is 13.2 Å². The van der Waals surface area contributed by atoms with Gasteiger partial charge in [-0.15, -0.1) is 0 Å². The number of aromatic nitrogens is 2. The van der Waals surface area contributed by atoms with Crippen molar-refractivity contribution in [2.45, 2.75) is 13.2 Å². The molecular weight excluding hydrogens is 532 g/mol. The number of hydrogen-bond donors (Lipinski definition) is 1. The molecule has 0 aliphatic carbocycles. The van der Waals surface area contributed by atoms with Crippen molar-refractivity contribution >= 4 is 50.9 Å². The Morgan fingerprint density at radius 1 is 1.03 bits per heavy atom. The van der Waals surface area contributed by atoms with E-state index < -0.39 is 0 Å². The molecule has 4 aromatic rings. The molecule has 9 heteroatoms. The predicted molar refractivity (Wildman–Crippen MR) is 131 cm³/mol. The van der Waals surface area contributed by atoms with Gasteiger partial charge in [-0.1, -0.05) is 47.5 Å². The number of halogens is 4. The average molecular weight is 549 g/mol. The largest absolute Gasteiger partial charge is 0.487 e. The van der Waals surface area contributed by atoms with E-state index in [1.54, 1.807) is 65.5 Å². The molecule has 1 amide bonds. The molecule has 0 fully saturated rings. The number of nitrogens with zero attached hydrogens (tertiary/aromatic N) is 2. The molecule has 0 saturated heterocycles. The zero-order valence-corrected chi connectivity index (χ0v) is 20.2. The van der Waals surface area contributed by atoms with Crippen LogP contribution in [0.5, 0.6) is 5.75 Å². The summed E-state index contributed by atoms with van der Waals surface area (Å²) in [7, 11) is 0. The molecule has 33 heavy (non-hydrogen) atoms. The smallest absolute Gasteiger partial charge is 0.256 e. The normalized spacial score (nSPS) is 10.8. The Kier molecular flexibility index (Phi) is 7.33. The van der Waals surface area contributed by atoms with Gasteiger partial charge in [0.15, 0.2) is 5.82 Å². The van der Waals surface area contributed by atoms with Crippen molar-refractivity contribution in [1.29, 1.82) is 0 Å². The SMILES string of the molecule is O=C(Nc1nn(Cc2ccc(F)cc2)cc1Br)c1ccc(COc2ccc(Cl)cc2Cl)cc1. The molecule has 0 aliphatic rings. The third-order valence-corrected chi connectivity index (χ3v) is 5.82. The first-order chi connectivity index (χ1) is 15.9. The van der Waals surface area contributed by atoms with Crippen molar-refractivity contribution in [3.8, 4) is 5.75 Å². The van der Waals surface area contributed by atoms with Crippen LogP contribution < -0.4 is 10.1 Å². The topological polar surface area (TPSA) is 56.2 Å². The number of carbonyl (C=O) groups is 1. The number of rotatable bonds is 7. The summed E-state index contributed by atoms with van der Waals surface area (Å²) in [6.45, 7) is 0.740. The highest BCUT2D eigenvalue weighted by atomic mass is 79.9. The number of ether oxygens (including phenoxy) is 1. The summed E-state index contributed by atoms with van der Waals surface area (Å²) in [4.78, 5) is 12.7. The summed E-state index contributed by atoms with van der Waals surface area (Å²) in [6, 6.07) is 18.2. The maximum atomic E-state index is 13.1. The lowest BCUT2D eigenvalue weighted by Crippen LogP contribution is -2.13. The fraction of sp³-hybridized carbons (Fsp3) is 0.0833. The van der Waals surface area contributed by atoms with Crippen LogP contribution in [0.4, 0.5) is 10.2 Å². The van der Waals surface area contributed by atoms with Crippen molar-refractivity contribution in [2.24, 2.45) is 0 Å². The highest BCUT2D eigenvalue weighted by molar-refractivity contribution is 9.10. The van der Waals surface area contributed by atoms with E-state index in [4.69, 9.17) is 27.9 Å². The summed E-state index contributed by atoms with van der Waals surface area (Å²) in [6.07, 6.45) is 1.75. The molecule has 5 nitrogen and oxygen atoms in total. The number of benzene rings is 3. The molecule has 0 radical (unpaired) electrons. The van der Waals surface area contributed by atoms with Crippen molar-refractivity contribution in [3.63, 3.8) is 0 Å². The first-order valence-electron chi connectivity index (χ1n) is 9.83. The molecule has 0 unspecified atom stereocenters. The van der Waals surface area contributed by atoms with Gasteiger partial charge in [-0.05, 0) is 69.5 Å². The summed E-state index contributed by atoms with van der Waals surface area (Å²) < 4.78 is 21.1. The second-order valence-corrected chi connectivity index (χ2v) is 8.86. The standard InChI is InChI=1S/C24H17BrCl2FN3O2/c25-20-13-31(12-15-3-8-19(28)9-4-15)30-23(20)29-24(32)17-5-1-16(2-6-17)14-33-22-10-7-18(26)11-21(22)27/h1-11,13H,12,14H2,(H,29,30,32). The minimum absolute atomic E-state index is 0.292. The van der Waals surface area contributed by atoms with E-state index in [9.17, 15) is 9.18 Å². The van der Waals surface area contributed by atoms with Crippen molar-refractivity contribution < 1.29 is 13.9 Å². The quantitative estimate of drug-likeness (QED) is 0.271. The number of carbonyl (C=O) groups excluding carboxylic acids is 1. The lowest BCUT2D eigenvalue weighted by atomic mass is 10.1. The Bertz CT molecular complexity index is 1280. The first-order valence-corrected chi connectivity index (χ1v) is 11.4. The van der Waals surface area contributed by atoms with Crippen LogP contribution in [0.15, 0.2) is 77.4 Å². The van der Waals surface area contributed by atoms with Crippen LogP contribution >= 0.6 is 39.1 Å². The van der Waals surface area contributed by atoms with Gasteiger partial charge in [-0.2, -0.15) is 5.10 Å². The van der Waals surface area contributed by atoms with Crippen molar-refractivity contribution in [1.82, 2.24) is 9.78 Å². The Balaban J connectivity index is 1.36. The predicted octanol–water partition coefficient (Wildman–Crippen LogP) is 6.97. The molecule has 1 aromatic heterocycles. The van der Waals surface area contributed by atoms with Gasteiger partial charge in [0.25, 0.3) is 5.91 Å². The monoisotopic (exact) mass is 547 g/mol. The van der Waals surface area contributed by atoms with Gasteiger partial charge in [0.2, 0.25) is 0 Å². The molecule has 4 rings (SSSR count). The van der Waals surface area contributed by atoms with E-state index in [-0.39, 0.29) is 11.7 Å². The molecule has 3 aromatic carbocycles. The number of hydrogen-bond acceptors (Lipinski definition) is 3. The van der Waals surface area contributed by atoms with Crippen LogP contribution in [-0.4, -0.2) is 15.7 Å². The van der Waals surface area contributed by atoms with Crippen LogP contribution in [0.2, 0.25) is 10.0 Å². The van der Waals surface area contributed by atoms with E-state index in [0.717, 1.165) is 11.1 Å². The van der Waals surface area contributed by atoms with E-state index in [1.165, 1.54) is 12.1 Å².